The number of carbonyl (C=O) groups excluding carboxylic acids is 1. The van der Waals surface area contributed by atoms with Crippen LogP contribution in [-0.4, -0.2) is 42.7 Å². The monoisotopic (exact) mass is 454 g/mol. The van der Waals surface area contributed by atoms with Gasteiger partial charge in [0.05, 0.1) is 5.56 Å². The molecule has 1 heterocycles. The van der Waals surface area contributed by atoms with Gasteiger partial charge in [0.2, 0.25) is 0 Å². The predicted molar refractivity (Wildman–Crippen MR) is 115 cm³/mol. The van der Waals surface area contributed by atoms with E-state index in [-0.39, 0.29) is 17.5 Å². The fourth-order valence-electron chi connectivity index (χ4n) is 3.95. The van der Waals surface area contributed by atoms with Crippen LogP contribution in [0.2, 0.25) is 0 Å². The molecule has 1 aliphatic rings. The molecule has 0 aromatic heterocycles. The summed E-state index contributed by atoms with van der Waals surface area (Å²) in [4.78, 5) is 12.8. The van der Waals surface area contributed by atoms with Crippen molar-refractivity contribution in [2.45, 2.75) is 32.5 Å². The molecule has 0 saturated carbocycles. The molecule has 0 bridgehead atoms. The zero-order chi connectivity index (χ0) is 24.0. The third-order valence-electron chi connectivity index (χ3n) is 5.56. The second kappa shape index (κ2) is 8.01. The Hall–Kier alpha value is -4.27. The molecular weight excluding hydrogens is 432 g/mol. The molecule has 1 aliphatic heterocycles. The molecule has 9 heteroatoms. The predicted octanol–water partition coefficient (Wildman–Crippen LogP) is 3.44. The second-order valence-corrected chi connectivity index (χ2v) is 8.02. The van der Waals surface area contributed by atoms with Crippen molar-refractivity contribution < 1.29 is 44.9 Å². The Morgan fingerprint density at radius 1 is 0.848 bits per heavy atom. The molecule has 0 unspecified atom stereocenters. The minimum atomic E-state index is -0.959. The molecule has 33 heavy (non-hydrogen) atoms. The summed E-state index contributed by atoms with van der Waals surface area (Å²) in [5.41, 5.74) is 2.72. The summed E-state index contributed by atoms with van der Waals surface area (Å²) in [7, 11) is 0. The van der Waals surface area contributed by atoms with E-state index in [4.69, 9.17) is 9.47 Å². The Morgan fingerprint density at radius 2 is 1.39 bits per heavy atom. The van der Waals surface area contributed by atoms with E-state index in [1.165, 1.54) is 12.1 Å². The highest BCUT2D eigenvalue weighted by Crippen LogP contribution is 2.44. The maximum absolute atomic E-state index is 12.8. The van der Waals surface area contributed by atoms with Gasteiger partial charge in [0.1, 0.15) is 11.9 Å². The van der Waals surface area contributed by atoms with Crippen molar-refractivity contribution in [3.8, 4) is 40.2 Å². The van der Waals surface area contributed by atoms with Gasteiger partial charge in [0.15, 0.2) is 40.6 Å². The van der Waals surface area contributed by atoms with Crippen LogP contribution in [0.5, 0.6) is 40.2 Å². The highest BCUT2D eigenvalue weighted by Gasteiger charge is 2.36. The highest BCUT2D eigenvalue weighted by atomic mass is 16.6. The molecule has 0 spiro atoms. The normalized spacial score (nSPS) is 17.2. The van der Waals surface area contributed by atoms with Gasteiger partial charge in [0, 0.05) is 17.5 Å². The van der Waals surface area contributed by atoms with Crippen LogP contribution in [-0.2, 0) is 11.2 Å². The van der Waals surface area contributed by atoms with E-state index in [1.54, 1.807) is 0 Å². The Bertz CT molecular complexity index is 1220. The maximum Gasteiger partial charge on any atom is 0.338 e. The number of carbonyl (C=O) groups is 1. The largest absolute Gasteiger partial charge is 0.504 e. The van der Waals surface area contributed by atoms with Crippen molar-refractivity contribution in [1.29, 1.82) is 0 Å². The van der Waals surface area contributed by atoms with Crippen molar-refractivity contribution in [2.75, 3.05) is 0 Å². The third kappa shape index (κ3) is 4.00. The summed E-state index contributed by atoms with van der Waals surface area (Å²) in [6.07, 6.45) is -1.66. The fourth-order valence-corrected chi connectivity index (χ4v) is 3.95. The summed E-state index contributed by atoms with van der Waals surface area (Å²) in [5, 5.41) is 58.6. The number of rotatable bonds is 3. The average molecular weight is 454 g/mol. The van der Waals surface area contributed by atoms with E-state index in [0.29, 0.717) is 5.75 Å². The first-order valence-electron chi connectivity index (χ1n) is 10.0. The molecule has 3 aromatic rings. The van der Waals surface area contributed by atoms with Crippen LogP contribution in [0.1, 0.15) is 38.7 Å². The van der Waals surface area contributed by atoms with E-state index in [0.717, 1.165) is 28.8 Å². The number of esters is 1. The first-order chi connectivity index (χ1) is 15.5. The summed E-state index contributed by atoms with van der Waals surface area (Å²) in [6, 6.07) is 8.09. The van der Waals surface area contributed by atoms with Gasteiger partial charge in [-0.2, -0.15) is 0 Å². The quantitative estimate of drug-likeness (QED) is 0.258. The van der Waals surface area contributed by atoms with Crippen molar-refractivity contribution in [3.05, 3.63) is 64.2 Å². The van der Waals surface area contributed by atoms with Gasteiger partial charge in [-0.15, -0.1) is 0 Å². The molecule has 0 saturated heterocycles. The van der Waals surface area contributed by atoms with Crippen LogP contribution < -0.4 is 4.74 Å². The number of aryl methyl sites for hydroxylation is 2. The molecule has 3 aromatic carbocycles. The molecule has 9 nitrogen and oxygen atoms in total. The molecule has 4 rings (SSSR count). The van der Waals surface area contributed by atoms with Crippen molar-refractivity contribution in [2.24, 2.45) is 0 Å². The Labute approximate surface area is 188 Å². The molecular formula is C24H22O9. The topological polar surface area (TPSA) is 157 Å². The number of phenolic OH excluding ortho intramolecular Hbond substituents is 6. The van der Waals surface area contributed by atoms with Crippen LogP contribution in [0, 0.1) is 13.8 Å². The zero-order valence-electron chi connectivity index (χ0n) is 17.7. The van der Waals surface area contributed by atoms with Crippen LogP contribution in [0.15, 0.2) is 36.4 Å². The number of ether oxygens (including phenoxy) is 2. The van der Waals surface area contributed by atoms with E-state index in [2.05, 4.69) is 0 Å². The van der Waals surface area contributed by atoms with Gasteiger partial charge < -0.3 is 40.1 Å². The first-order valence-corrected chi connectivity index (χ1v) is 10.0. The minimum Gasteiger partial charge on any atom is -0.504 e. The van der Waals surface area contributed by atoms with E-state index in [9.17, 15) is 35.4 Å². The summed E-state index contributed by atoms with van der Waals surface area (Å²) < 4.78 is 11.8. The standard InChI is InChI=1S/C24H22O9/c1-10-3-11(2)14-9-20(33-24(31)13-7-17(27)22(30)18(28)8-13)23(32-19(14)4-10)12-5-15(25)21(29)16(26)6-12/h3-8,20,23,25-30H,9H2,1-2H3/t20-,23-/m1/s1. The number of fused-ring (bicyclic) bond motifs is 1. The van der Waals surface area contributed by atoms with Crippen molar-refractivity contribution >= 4 is 5.97 Å². The second-order valence-electron chi connectivity index (χ2n) is 8.02. The van der Waals surface area contributed by atoms with E-state index in [1.807, 2.05) is 26.0 Å². The van der Waals surface area contributed by atoms with Gasteiger partial charge in [0.25, 0.3) is 0 Å². The van der Waals surface area contributed by atoms with Gasteiger partial charge in [-0.1, -0.05) is 6.07 Å². The van der Waals surface area contributed by atoms with Crippen molar-refractivity contribution in [3.63, 3.8) is 0 Å². The van der Waals surface area contributed by atoms with Crippen LogP contribution >= 0.6 is 0 Å². The Balaban J connectivity index is 1.75. The number of hydrogen-bond acceptors (Lipinski definition) is 9. The lowest BCUT2D eigenvalue weighted by Gasteiger charge is -2.34. The van der Waals surface area contributed by atoms with E-state index >= 15 is 0 Å². The molecule has 6 N–H and O–H groups in total. The maximum atomic E-state index is 12.8. The lowest BCUT2D eigenvalue weighted by Crippen LogP contribution is -2.35. The summed E-state index contributed by atoms with van der Waals surface area (Å²) >= 11 is 0. The first kappa shape index (κ1) is 21.9. The number of aromatic hydroxyl groups is 6. The Kier molecular flexibility index (Phi) is 5.33. The van der Waals surface area contributed by atoms with Gasteiger partial charge in [-0.3, -0.25) is 0 Å². The minimum absolute atomic E-state index is 0.204. The number of benzene rings is 3. The zero-order valence-corrected chi connectivity index (χ0v) is 17.7. The number of phenols is 6. The van der Waals surface area contributed by atoms with Crippen LogP contribution in [0.25, 0.3) is 0 Å². The number of hydrogen-bond donors (Lipinski definition) is 6. The van der Waals surface area contributed by atoms with Gasteiger partial charge in [-0.25, -0.2) is 4.79 Å². The molecule has 0 radical (unpaired) electrons. The summed E-state index contributed by atoms with van der Waals surface area (Å²) in [5.74, 6) is -4.33. The van der Waals surface area contributed by atoms with Gasteiger partial charge >= 0.3 is 5.97 Å². The SMILES string of the molecule is Cc1cc(C)c2c(c1)O[C@H](c1cc(O)c(O)c(O)c1)[C@H](OC(=O)c1cc(O)c(O)c(O)c1)C2. The molecule has 0 amide bonds. The average Bonchev–Trinajstić information content (AvgIpc) is 2.75. The highest BCUT2D eigenvalue weighted by molar-refractivity contribution is 5.91. The van der Waals surface area contributed by atoms with Crippen LogP contribution in [0.3, 0.4) is 0 Å². The lowest BCUT2D eigenvalue weighted by molar-refractivity contribution is -0.0185. The van der Waals surface area contributed by atoms with E-state index < -0.39 is 52.7 Å². The lowest BCUT2D eigenvalue weighted by atomic mass is 9.91. The molecule has 2 atom stereocenters. The van der Waals surface area contributed by atoms with Crippen molar-refractivity contribution in [1.82, 2.24) is 0 Å². The molecule has 0 aliphatic carbocycles. The molecule has 172 valence electrons. The third-order valence-corrected chi connectivity index (χ3v) is 5.56. The van der Waals surface area contributed by atoms with Gasteiger partial charge in [-0.05, 0) is 55.3 Å². The Morgan fingerprint density at radius 3 is 1.97 bits per heavy atom. The smallest absolute Gasteiger partial charge is 0.338 e. The summed E-state index contributed by atoms with van der Waals surface area (Å²) in [6.45, 7) is 3.79. The fraction of sp³-hybridized carbons (Fsp3) is 0.208. The van der Waals surface area contributed by atoms with Crippen LogP contribution in [0.4, 0.5) is 0 Å². The molecule has 0 fully saturated rings.